The summed E-state index contributed by atoms with van der Waals surface area (Å²) >= 11 is 0. The lowest BCUT2D eigenvalue weighted by Crippen LogP contribution is -2.25. The minimum Gasteiger partial charge on any atom is -0.294 e. The predicted molar refractivity (Wildman–Crippen MR) is 88.4 cm³/mol. The van der Waals surface area contributed by atoms with E-state index in [4.69, 9.17) is 5.53 Å². The van der Waals surface area contributed by atoms with Crippen molar-refractivity contribution in [1.29, 1.82) is 0 Å². The Morgan fingerprint density at radius 1 is 1.09 bits per heavy atom. The summed E-state index contributed by atoms with van der Waals surface area (Å²) in [6.45, 7) is 1.29. The third-order valence-electron chi connectivity index (χ3n) is 3.57. The monoisotopic (exact) mass is 304 g/mol. The van der Waals surface area contributed by atoms with Crippen molar-refractivity contribution >= 4 is 22.4 Å². The highest BCUT2D eigenvalue weighted by atomic mass is 16.1. The van der Waals surface area contributed by atoms with Crippen LogP contribution in [0.4, 0.5) is 5.69 Å². The first-order chi connectivity index (χ1) is 11.1. The highest BCUT2D eigenvalue weighted by Crippen LogP contribution is 2.29. The van der Waals surface area contributed by atoms with Gasteiger partial charge in [0, 0.05) is 16.0 Å². The third kappa shape index (κ3) is 2.37. The summed E-state index contributed by atoms with van der Waals surface area (Å²) < 4.78 is 1.46. The Labute approximate surface area is 131 Å². The van der Waals surface area contributed by atoms with E-state index in [0.717, 1.165) is 0 Å². The first kappa shape index (κ1) is 14.6. The second-order valence-electron chi connectivity index (χ2n) is 4.96. The fourth-order valence-electron chi connectivity index (χ4n) is 2.63. The summed E-state index contributed by atoms with van der Waals surface area (Å²) in [4.78, 5) is 27.6. The van der Waals surface area contributed by atoms with Gasteiger partial charge in [-0.05, 0) is 30.7 Å². The van der Waals surface area contributed by atoms with Gasteiger partial charge in [-0.3, -0.25) is 14.2 Å². The molecule has 0 bridgehead atoms. The van der Waals surface area contributed by atoms with Crippen molar-refractivity contribution in [1.82, 2.24) is 4.57 Å². The Morgan fingerprint density at radius 2 is 1.74 bits per heavy atom. The number of carbonyl (C=O) groups is 1. The Balaban J connectivity index is 2.59. The van der Waals surface area contributed by atoms with Crippen LogP contribution in [-0.2, 0) is 0 Å². The molecule has 3 aromatic rings. The summed E-state index contributed by atoms with van der Waals surface area (Å²) in [6.07, 6.45) is 0. The van der Waals surface area contributed by atoms with Crippen LogP contribution in [0.15, 0.2) is 64.5 Å². The highest BCUT2D eigenvalue weighted by molar-refractivity contribution is 6.06. The number of nitrogens with zero attached hydrogens (tertiary/aromatic N) is 4. The van der Waals surface area contributed by atoms with Gasteiger partial charge in [0.25, 0.3) is 5.56 Å². The lowest BCUT2D eigenvalue weighted by molar-refractivity contribution is 0.101. The number of benzene rings is 2. The van der Waals surface area contributed by atoms with Gasteiger partial charge in [0.15, 0.2) is 5.78 Å². The van der Waals surface area contributed by atoms with Crippen molar-refractivity contribution in [2.75, 3.05) is 0 Å². The molecular weight excluding hydrogens is 292 g/mol. The zero-order chi connectivity index (χ0) is 16.4. The van der Waals surface area contributed by atoms with Gasteiger partial charge in [-0.1, -0.05) is 41.5 Å². The van der Waals surface area contributed by atoms with Gasteiger partial charge in [-0.15, -0.1) is 0 Å². The van der Waals surface area contributed by atoms with Crippen molar-refractivity contribution in [2.24, 2.45) is 5.11 Å². The van der Waals surface area contributed by atoms with Crippen LogP contribution in [0.5, 0.6) is 0 Å². The van der Waals surface area contributed by atoms with Crippen molar-refractivity contribution in [3.8, 4) is 5.69 Å². The predicted octanol–water partition coefficient (Wildman–Crippen LogP) is 4.14. The molecule has 1 heterocycles. The van der Waals surface area contributed by atoms with E-state index >= 15 is 0 Å². The maximum absolute atomic E-state index is 12.9. The molecule has 0 fully saturated rings. The molecule has 0 N–H and O–H groups in total. The normalized spacial score (nSPS) is 10.3. The zero-order valence-corrected chi connectivity index (χ0v) is 12.3. The number of fused-ring (bicyclic) bond motifs is 1. The summed E-state index contributed by atoms with van der Waals surface area (Å²) in [7, 11) is 0. The number of rotatable bonds is 3. The summed E-state index contributed by atoms with van der Waals surface area (Å²) in [5.41, 5.74) is 9.50. The van der Waals surface area contributed by atoms with E-state index in [0.29, 0.717) is 16.6 Å². The number of azide groups is 1. The maximum Gasteiger partial charge on any atom is 0.266 e. The molecule has 0 radical (unpaired) electrons. The Bertz CT molecular complexity index is 1020. The van der Waals surface area contributed by atoms with Crippen LogP contribution in [0, 0.1) is 0 Å². The van der Waals surface area contributed by atoms with E-state index in [1.807, 2.05) is 18.2 Å². The fraction of sp³-hybridized carbons (Fsp3) is 0.0588. The number of hydrogen-bond donors (Lipinski definition) is 0. The van der Waals surface area contributed by atoms with Crippen molar-refractivity contribution in [3.05, 3.63) is 81.0 Å². The molecule has 0 amide bonds. The number of Topliss-reactive ketones (excluding diaryl/α,β-unsaturated/α-hetero) is 1. The Kier molecular flexibility index (Phi) is 3.66. The van der Waals surface area contributed by atoms with Crippen LogP contribution in [0.3, 0.4) is 0 Å². The van der Waals surface area contributed by atoms with E-state index in [1.165, 1.54) is 11.5 Å². The van der Waals surface area contributed by atoms with Gasteiger partial charge < -0.3 is 0 Å². The molecule has 0 aliphatic carbocycles. The number of pyridine rings is 1. The molecule has 0 saturated heterocycles. The average Bonchev–Trinajstić information content (AvgIpc) is 2.56. The molecule has 0 spiro atoms. The van der Waals surface area contributed by atoms with E-state index in [-0.39, 0.29) is 11.3 Å². The fourth-order valence-corrected chi connectivity index (χ4v) is 2.63. The molecule has 0 aliphatic rings. The van der Waals surface area contributed by atoms with Gasteiger partial charge in [0.05, 0.1) is 16.8 Å². The second kappa shape index (κ2) is 5.79. The number of aromatic nitrogens is 1. The molecule has 23 heavy (non-hydrogen) atoms. The molecule has 3 rings (SSSR count). The molecule has 6 heteroatoms. The van der Waals surface area contributed by atoms with Crippen molar-refractivity contribution < 1.29 is 4.79 Å². The standard InChI is InChI=1S/C17H12N4O2/c1-11(22)15-16(19-20-18)13-9-5-6-10-14(13)21(17(15)23)12-7-3-2-4-8-12/h2-10H,1H3. The molecule has 2 aromatic carbocycles. The number of para-hydroxylation sites is 2. The number of ketones is 1. The largest absolute Gasteiger partial charge is 0.294 e. The first-order valence-corrected chi connectivity index (χ1v) is 6.94. The smallest absolute Gasteiger partial charge is 0.266 e. The molecule has 0 saturated carbocycles. The highest BCUT2D eigenvalue weighted by Gasteiger charge is 2.19. The average molecular weight is 304 g/mol. The van der Waals surface area contributed by atoms with Crippen LogP contribution >= 0.6 is 0 Å². The van der Waals surface area contributed by atoms with Gasteiger partial charge >= 0.3 is 0 Å². The SMILES string of the molecule is CC(=O)c1c(N=[N+]=[N-])c2ccccc2n(-c2ccccc2)c1=O. The van der Waals surface area contributed by atoms with Gasteiger partial charge in [-0.25, -0.2) is 0 Å². The molecule has 0 atom stereocenters. The molecule has 1 aromatic heterocycles. The van der Waals surface area contributed by atoms with E-state index in [9.17, 15) is 9.59 Å². The van der Waals surface area contributed by atoms with E-state index < -0.39 is 11.3 Å². The maximum atomic E-state index is 12.9. The van der Waals surface area contributed by atoms with Crippen LogP contribution in [0.1, 0.15) is 17.3 Å². The lowest BCUT2D eigenvalue weighted by Gasteiger charge is -2.14. The minimum atomic E-state index is -0.496. The van der Waals surface area contributed by atoms with E-state index in [2.05, 4.69) is 10.0 Å². The third-order valence-corrected chi connectivity index (χ3v) is 3.57. The molecule has 112 valence electrons. The first-order valence-electron chi connectivity index (χ1n) is 6.94. The van der Waals surface area contributed by atoms with Crippen LogP contribution < -0.4 is 5.56 Å². The minimum absolute atomic E-state index is 0.0766. The molecular formula is C17H12N4O2. The number of hydrogen-bond acceptors (Lipinski definition) is 3. The summed E-state index contributed by atoms with van der Waals surface area (Å²) in [6, 6.07) is 16.1. The zero-order valence-electron chi connectivity index (χ0n) is 12.3. The van der Waals surface area contributed by atoms with Crippen LogP contribution in [-0.4, -0.2) is 10.4 Å². The van der Waals surface area contributed by atoms with E-state index in [1.54, 1.807) is 36.4 Å². The molecule has 0 aliphatic heterocycles. The number of carbonyl (C=O) groups excluding carboxylic acids is 1. The van der Waals surface area contributed by atoms with Crippen molar-refractivity contribution in [2.45, 2.75) is 6.92 Å². The Morgan fingerprint density at radius 3 is 2.39 bits per heavy atom. The van der Waals surface area contributed by atoms with Crippen molar-refractivity contribution in [3.63, 3.8) is 0 Å². The molecule has 6 nitrogen and oxygen atoms in total. The second-order valence-corrected chi connectivity index (χ2v) is 4.96. The van der Waals surface area contributed by atoms with Crippen LogP contribution in [0.25, 0.3) is 27.0 Å². The van der Waals surface area contributed by atoms with Crippen LogP contribution in [0.2, 0.25) is 0 Å². The summed E-state index contributed by atoms with van der Waals surface area (Å²) in [5.74, 6) is -0.437. The summed E-state index contributed by atoms with van der Waals surface area (Å²) in [5, 5.41) is 4.15. The topological polar surface area (TPSA) is 87.8 Å². The van der Waals surface area contributed by atoms with Gasteiger partial charge in [0.2, 0.25) is 0 Å². The van der Waals surface area contributed by atoms with Gasteiger partial charge in [-0.2, -0.15) is 0 Å². The Hall–Kier alpha value is -3.37. The molecule has 0 unspecified atom stereocenters. The quantitative estimate of drug-likeness (QED) is 0.315. The lowest BCUT2D eigenvalue weighted by atomic mass is 10.1. The van der Waals surface area contributed by atoms with Gasteiger partial charge in [0.1, 0.15) is 0 Å².